The SMILES string of the molecule is Cc1ccc(NC(=O)c2n[nH]c(=O)c3ccccc23)c2cccnc12. The lowest BCUT2D eigenvalue weighted by molar-refractivity contribution is 0.102. The van der Waals surface area contributed by atoms with E-state index in [1.165, 1.54) is 0 Å². The maximum Gasteiger partial charge on any atom is 0.276 e. The number of amides is 1. The van der Waals surface area contributed by atoms with Crippen LogP contribution in [0.3, 0.4) is 0 Å². The molecule has 2 aromatic heterocycles. The largest absolute Gasteiger partial charge is 0.320 e. The highest BCUT2D eigenvalue weighted by Gasteiger charge is 2.15. The van der Waals surface area contributed by atoms with E-state index >= 15 is 0 Å². The maximum absolute atomic E-state index is 12.8. The summed E-state index contributed by atoms with van der Waals surface area (Å²) in [5.74, 6) is -0.388. The standard InChI is InChI=1S/C19H14N4O2/c1-11-8-9-15(14-7-4-10-20-16(11)14)21-19(25)17-12-5-2-3-6-13(12)18(24)23-22-17/h2-10H,1H3,(H,21,25)(H,23,24). The van der Waals surface area contributed by atoms with Crippen molar-refractivity contribution >= 4 is 33.3 Å². The zero-order valence-electron chi connectivity index (χ0n) is 13.4. The Labute approximate surface area is 142 Å². The van der Waals surface area contributed by atoms with E-state index in [0.29, 0.717) is 16.5 Å². The first kappa shape index (κ1) is 15.0. The van der Waals surface area contributed by atoms with Gasteiger partial charge in [-0.2, -0.15) is 5.10 Å². The minimum atomic E-state index is -0.388. The van der Waals surface area contributed by atoms with Crippen molar-refractivity contribution in [3.05, 3.63) is 76.3 Å². The van der Waals surface area contributed by atoms with Crippen LogP contribution in [0.1, 0.15) is 16.1 Å². The van der Waals surface area contributed by atoms with Crippen molar-refractivity contribution in [3.63, 3.8) is 0 Å². The number of H-pyrrole nitrogens is 1. The highest BCUT2D eigenvalue weighted by atomic mass is 16.2. The first-order valence-corrected chi connectivity index (χ1v) is 7.78. The molecule has 0 aliphatic carbocycles. The van der Waals surface area contributed by atoms with E-state index in [0.717, 1.165) is 16.5 Å². The Morgan fingerprint density at radius 3 is 2.60 bits per heavy atom. The zero-order valence-corrected chi connectivity index (χ0v) is 13.4. The average Bonchev–Trinajstić information content (AvgIpc) is 2.65. The second kappa shape index (κ2) is 5.83. The van der Waals surface area contributed by atoms with Gasteiger partial charge in [0, 0.05) is 17.0 Å². The van der Waals surface area contributed by atoms with Crippen LogP contribution >= 0.6 is 0 Å². The van der Waals surface area contributed by atoms with Crippen molar-refractivity contribution in [2.75, 3.05) is 5.32 Å². The van der Waals surface area contributed by atoms with Gasteiger partial charge in [-0.15, -0.1) is 0 Å². The molecule has 0 bridgehead atoms. The number of benzene rings is 2. The molecular weight excluding hydrogens is 316 g/mol. The summed E-state index contributed by atoms with van der Waals surface area (Å²) >= 11 is 0. The van der Waals surface area contributed by atoms with Crippen LogP contribution in [0.2, 0.25) is 0 Å². The fraction of sp³-hybridized carbons (Fsp3) is 0.0526. The third-order valence-corrected chi connectivity index (χ3v) is 4.13. The molecular formula is C19H14N4O2. The molecule has 0 aliphatic heterocycles. The van der Waals surface area contributed by atoms with E-state index in [1.54, 1.807) is 30.5 Å². The first-order chi connectivity index (χ1) is 12.1. The number of rotatable bonds is 2. The van der Waals surface area contributed by atoms with Crippen LogP contribution in [0.4, 0.5) is 5.69 Å². The number of nitrogens with zero attached hydrogens (tertiary/aromatic N) is 2. The van der Waals surface area contributed by atoms with E-state index in [4.69, 9.17) is 0 Å². The molecule has 0 spiro atoms. The molecule has 4 aromatic rings. The van der Waals surface area contributed by atoms with Gasteiger partial charge in [0.15, 0.2) is 5.69 Å². The molecule has 0 unspecified atom stereocenters. The minimum absolute atomic E-state index is 0.174. The minimum Gasteiger partial charge on any atom is -0.320 e. The molecule has 4 rings (SSSR count). The second-order valence-corrected chi connectivity index (χ2v) is 5.73. The third-order valence-electron chi connectivity index (χ3n) is 4.13. The molecule has 6 nitrogen and oxygen atoms in total. The fourth-order valence-corrected chi connectivity index (χ4v) is 2.89. The predicted molar refractivity (Wildman–Crippen MR) is 96.8 cm³/mol. The van der Waals surface area contributed by atoms with Gasteiger partial charge in [0.05, 0.1) is 16.6 Å². The lowest BCUT2D eigenvalue weighted by Crippen LogP contribution is -2.19. The zero-order chi connectivity index (χ0) is 17.4. The van der Waals surface area contributed by atoms with Gasteiger partial charge < -0.3 is 5.32 Å². The second-order valence-electron chi connectivity index (χ2n) is 5.73. The van der Waals surface area contributed by atoms with Gasteiger partial charge in [0.1, 0.15) is 0 Å². The van der Waals surface area contributed by atoms with Crippen molar-refractivity contribution in [1.29, 1.82) is 0 Å². The first-order valence-electron chi connectivity index (χ1n) is 7.78. The Morgan fingerprint density at radius 1 is 1.00 bits per heavy atom. The van der Waals surface area contributed by atoms with Crippen molar-refractivity contribution in [2.45, 2.75) is 6.92 Å². The number of hydrogen-bond donors (Lipinski definition) is 2. The summed E-state index contributed by atoms with van der Waals surface area (Å²) < 4.78 is 0. The number of hydrogen-bond acceptors (Lipinski definition) is 4. The summed E-state index contributed by atoms with van der Waals surface area (Å²) in [5, 5.41) is 11.0. The van der Waals surface area contributed by atoms with Gasteiger partial charge in [-0.3, -0.25) is 14.6 Å². The highest BCUT2D eigenvalue weighted by Crippen LogP contribution is 2.25. The number of nitrogens with one attached hydrogen (secondary N) is 2. The summed E-state index contributed by atoms with van der Waals surface area (Å²) in [7, 11) is 0. The molecule has 0 fully saturated rings. The number of fused-ring (bicyclic) bond motifs is 2. The van der Waals surface area contributed by atoms with Gasteiger partial charge in [-0.1, -0.05) is 24.3 Å². The Kier molecular flexibility index (Phi) is 3.50. The van der Waals surface area contributed by atoms with E-state index in [9.17, 15) is 9.59 Å². The molecule has 0 saturated heterocycles. The number of anilines is 1. The van der Waals surface area contributed by atoms with Gasteiger partial charge in [-0.05, 0) is 36.8 Å². The molecule has 6 heteroatoms. The Morgan fingerprint density at radius 2 is 1.76 bits per heavy atom. The third kappa shape index (κ3) is 2.53. The van der Waals surface area contributed by atoms with Gasteiger partial charge in [0.2, 0.25) is 0 Å². The molecule has 25 heavy (non-hydrogen) atoms. The van der Waals surface area contributed by atoms with Crippen LogP contribution in [-0.4, -0.2) is 21.1 Å². The molecule has 0 radical (unpaired) electrons. The molecule has 0 aliphatic rings. The van der Waals surface area contributed by atoms with Crippen LogP contribution < -0.4 is 10.9 Å². The number of aryl methyl sites for hydroxylation is 1. The predicted octanol–water partition coefficient (Wildman–Crippen LogP) is 3.03. The fourth-order valence-electron chi connectivity index (χ4n) is 2.89. The quantitative estimate of drug-likeness (QED) is 0.591. The van der Waals surface area contributed by atoms with Crippen LogP contribution in [0.5, 0.6) is 0 Å². The Hall–Kier alpha value is -3.54. The summed E-state index contributed by atoms with van der Waals surface area (Å²) in [6.07, 6.45) is 1.72. The molecule has 2 aromatic carbocycles. The van der Waals surface area contributed by atoms with E-state index in [1.807, 2.05) is 31.2 Å². The normalized spacial score (nSPS) is 10.9. The molecule has 2 N–H and O–H groups in total. The molecule has 0 saturated carbocycles. The number of carbonyl (C=O) groups is 1. The van der Waals surface area contributed by atoms with Crippen molar-refractivity contribution in [2.24, 2.45) is 0 Å². The molecule has 122 valence electrons. The monoisotopic (exact) mass is 330 g/mol. The molecule has 0 atom stereocenters. The summed E-state index contributed by atoms with van der Waals surface area (Å²) in [5.41, 5.74) is 2.36. The number of aromatic amines is 1. The van der Waals surface area contributed by atoms with Crippen molar-refractivity contribution in [1.82, 2.24) is 15.2 Å². The average molecular weight is 330 g/mol. The molecule has 1 amide bonds. The van der Waals surface area contributed by atoms with Crippen LogP contribution in [0.15, 0.2) is 59.5 Å². The topological polar surface area (TPSA) is 87.7 Å². The van der Waals surface area contributed by atoms with Crippen molar-refractivity contribution < 1.29 is 4.79 Å². The Bertz CT molecular complexity index is 1180. The number of aromatic nitrogens is 3. The Balaban J connectivity index is 1.81. The van der Waals surface area contributed by atoms with Gasteiger partial charge in [0.25, 0.3) is 11.5 Å². The van der Waals surface area contributed by atoms with Crippen LogP contribution in [0.25, 0.3) is 21.7 Å². The summed E-state index contributed by atoms with van der Waals surface area (Å²) in [6.45, 7) is 1.97. The van der Waals surface area contributed by atoms with Crippen molar-refractivity contribution in [3.8, 4) is 0 Å². The summed E-state index contributed by atoms with van der Waals surface area (Å²) in [6, 6.07) is 14.4. The van der Waals surface area contributed by atoms with E-state index in [-0.39, 0.29) is 17.2 Å². The maximum atomic E-state index is 12.8. The molecule has 2 heterocycles. The highest BCUT2D eigenvalue weighted by molar-refractivity contribution is 6.13. The van der Waals surface area contributed by atoms with Gasteiger partial charge in [-0.25, -0.2) is 5.10 Å². The number of pyridine rings is 1. The van der Waals surface area contributed by atoms with E-state index in [2.05, 4.69) is 20.5 Å². The lowest BCUT2D eigenvalue weighted by Gasteiger charge is -2.10. The lowest BCUT2D eigenvalue weighted by atomic mass is 10.1. The van der Waals surface area contributed by atoms with Gasteiger partial charge >= 0.3 is 0 Å². The number of carbonyl (C=O) groups excluding carboxylic acids is 1. The smallest absolute Gasteiger partial charge is 0.276 e. The van der Waals surface area contributed by atoms with Crippen LogP contribution in [-0.2, 0) is 0 Å². The van der Waals surface area contributed by atoms with E-state index < -0.39 is 0 Å². The summed E-state index contributed by atoms with van der Waals surface area (Å²) in [4.78, 5) is 29.0. The van der Waals surface area contributed by atoms with Crippen LogP contribution in [0, 0.1) is 6.92 Å².